The highest BCUT2D eigenvalue weighted by atomic mass is 35.5. The number of halogens is 1. The number of amides is 1. The van der Waals surface area contributed by atoms with Crippen LogP contribution in [-0.4, -0.2) is 30.6 Å². The molecule has 25 heavy (non-hydrogen) atoms. The van der Waals surface area contributed by atoms with Crippen molar-refractivity contribution in [3.8, 4) is 5.75 Å². The van der Waals surface area contributed by atoms with Gasteiger partial charge in [0.15, 0.2) is 0 Å². The van der Waals surface area contributed by atoms with Crippen LogP contribution in [0.4, 0.5) is 0 Å². The molecule has 2 aromatic rings. The van der Waals surface area contributed by atoms with E-state index in [0.717, 1.165) is 0 Å². The SMILES string of the molecule is CCC(CNC(=O)c1ccc(Cl)c(OC)c1)(C(=O)O)c1ccccc1. The third-order valence-corrected chi connectivity index (χ3v) is 4.62. The number of aliphatic carboxylic acids is 1. The predicted octanol–water partition coefficient (Wildman–Crippen LogP) is 3.51. The number of carboxylic acids is 1. The van der Waals surface area contributed by atoms with Crippen molar-refractivity contribution in [3.05, 3.63) is 64.7 Å². The molecule has 0 saturated heterocycles. The molecule has 0 radical (unpaired) electrons. The van der Waals surface area contributed by atoms with Crippen LogP contribution in [-0.2, 0) is 10.2 Å². The predicted molar refractivity (Wildman–Crippen MR) is 96.4 cm³/mol. The molecule has 0 saturated carbocycles. The van der Waals surface area contributed by atoms with E-state index < -0.39 is 11.4 Å². The summed E-state index contributed by atoms with van der Waals surface area (Å²) in [4.78, 5) is 24.4. The van der Waals surface area contributed by atoms with Gasteiger partial charge < -0.3 is 15.2 Å². The Hall–Kier alpha value is -2.53. The molecule has 2 rings (SSSR count). The molecule has 1 amide bonds. The summed E-state index contributed by atoms with van der Waals surface area (Å²) < 4.78 is 5.10. The molecule has 0 aliphatic rings. The molecule has 2 aromatic carbocycles. The van der Waals surface area contributed by atoms with Gasteiger partial charge in [0, 0.05) is 12.1 Å². The number of nitrogens with one attached hydrogen (secondary N) is 1. The summed E-state index contributed by atoms with van der Waals surface area (Å²) in [6.07, 6.45) is 0.344. The first-order valence-corrected chi connectivity index (χ1v) is 8.23. The van der Waals surface area contributed by atoms with Gasteiger partial charge in [0.2, 0.25) is 0 Å². The van der Waals surface area contributed by atoms with E-state index in [0.29, 0.717) is 28.3 Å². The van der Waals surface area contributed by atoms with Crippen LogP contribution >= 0.6 is 11.6 Å². The highest BCUT2D eigenvalue weighted by molar-refractivity contribution is 6.32. The van der Waals surface area contributed by atoms with Crippen molar-refractivity contribution in [1.29, 1.82) is 0 Å². The normalized spacial score (nSPS) is 12.9. The summed E-state index contributed by atoms with van der Waals surface area (Å²) in [6, 6.07) is 13.6. The monoisotopic (exact) mass is 361 g/mol. The fourth-order valence-electron chi connectivity index (χ4n) is 2.67. The minimum Gasteiger partial charge on any atom is -0.495 e. The lowest BCUT2D eigenvalue weighted by atomic mass is 9.78. The number of benzene rings is 2. The van der Waals surface area contributed by atoms with Crippen LogP contribution in [0.5, 0.6) is 5.75 Å². The lowest BCUT2D eigenvalue weighted by molar-refractivity contribution is -0.143. The van der Waals surface area contributed by atoms with E-state index in [1.165, 1.54) is 13.2 Å². The standard InChI is InChI=1S/C19H20ClNO4/c1-3-19(18(23)24,14-7-5-4-6-8-14)12-21-17(22)13-9-10-15(20)16(11-13)25-2/h4-11H,3,12H2,1-2H3,(H,21,22)(H,23,24). The van der Waals surface area contributed by atoms with Gasteiger partial charge in [-0.25, -0.2) is 0 Å². The Balaban J connectivity index is 2.24. The van der Waals surface area contributed by atoms with Gasteiger partial charge in [0.1, 0.15) is 11.2 Å². The second kappa shape index (κ2) is 8.03. The average molecular weight is 362 g/mol. The zero-order valence-electron chi connectivity index (χ0n) is 14.1. The summed E-state index contributed by atoms with van der Waals surface area (Å²) in [5.74, 6) is -0.975. The van der Waals surface area contributed by atoms with E-state index in [1.807, 2.05) is 6.07 Å². The van der Waals surface area contributed by atoms with Gasteiger partial charge in [0.05, 0.1) is 12.1 Å². The molecule has 5 nitrogen and oxygen atoms in total. The molecule has 0 aromatic heterocycles. The van der Waals surface area contributed by atoms with Crippen LogP contribution in [0.15, 0.2) is 48.5 Å². The van der Waals surface area contributed by atoms with Crippen LogP contribution in [0.25, 0.3) is 0 Å². The average Bonchev–Trinajstić information content (AvgIpc) is 2.63. The highest BCUT2D eigenvalue weighted by Crippen LogP contribution is 2.28. The molecule has 0 heterocycles. The number of carboxylic acid groups (broad SMARTS) is 1. The van der Waals surface area contributed by atoms with Gasteiger partial charge in [0.25, 0.3) is 5.91 Å². The van der Waals surface area contributed by atoms with E-state index in [1.54, 1.807) is 43.3 Å². The van der Waals surface area contributed by atoms with E-state index in [9.17, 15) is 14.7 Å². The van der Waals surface area contributed by atoms with E-state index >= 15 is 0 Å². The summed E-state index contributed by atoms with van der Waals surface area (Å²) in [6.45, 7) is 1.77. The minimum atomic E-state index is -1.19. The fraction of sp³-hybridized carbons (Fsp3) is 0.263. The second-order valence-corrected chi connectivity index (χ2v) is 6.05. The molecule has 0 aliphatic heterocycles. The Morgan fingerprint density at radius 1 is 1.20 bits per heavy atom. The minimum absolute atomic E-state index is 0.0212. The van der Waals surface area contributed by atoms with Gasteiger partial charge in [-0.3, -0.25) is 9.59 Å². The summed E-state index contributed by atoms with van der Waals surface area (Å²) in [5, 5.41) is 12.9. The number of hydrogen-bond acceptors (Lipinski definition) is 3. The van der Waals surface area contributed by atoms with Crippen molar-refractivity contribution >= 4 is 23.5 Å². The maximum absolute atomic E-state index is 12.4. The molecule has 0 spiro atoms. The van der Waals surface area contributed by atoms with Gasteiger partial charge in [-0.2, -0.15) is 0 Å². The summed E-state index contributed by atoms with van der Waals surface area (Å²) in [7, 11) is 1.46. The van der Waals surface area contributed by atoms with E-state index in [-0.39, 0.29) is 12.5 Å². The number of carbonyl (C=O) groups excluding carboxylic acids is 1. The lowest BCUT2D eigenvalue weighted by Crippen LogP contribution is -2.46. The molecule has 0 aliphatic carbocycles. The molecule has 132 valence electrons. The first kappa shape index (κ1) is 18.8. The van der Waals surface area contributed by atoms with Gasteiger partial charge in [-0.15, -0.1) is 0 Å². The molecule has 2 N–H and O–H groups in total. The maximum Gasteiger partial charge on any atom is 0.315 e. The Bertz CT molecular complexity index is 763. The lowest BCUT2D eigenvalue weighted by Gasteiger charge is -2.29. The highest BCUT2D eigenvalue weighted by Gasteiger charge is 2.39. The Labute approximate surface area is 151 Å². The Morgan fingerprint density at radius 3 is 2.44 bits per heavy atom. The van der Waals surface area contributed by atoms with Gasteiger partial charge in [-0.1, -0.05) is 48.9 Å². The maximum atomic E-state index is 12.4. The zero-order valence-corrected chi connectivity index (χ0v) is 14.8. The summed E-state index contributed by atoms with van der Waals surface area (Å²) >= 11 is 5.96. The Kier molecular flexibility index (Phi) is 6.04. The zero-order chi connectivity index (χ0) is 18.4. The van der Waals surface area contributed by atoms with Crippen molar-refractivity contribution in [2.45, 2.75) is 18.8 Å². The molecular formula is C19H20ClNO4. The quantitative estimate of drug-likeness (QED) is 0.791. The molecule has 0 bridgehead atoms. The molecule has 6 heteroatoms. The summed E-state index contributed by atoms with van der Waals surface area (Å²) in [5.41, 5.74) is -0.184. The molecular weight excluding hydrogens is 342 g/mol. The number of rotatable bonds is 7. The second-order valence-electron chi connectivity index (χ2n) is 5.64. The van der Waals surface area contributed by atoms with Gasteiger partial charge in [-0.05, 0) is 30.2 Å². The van der Waals surface area contributed by atoms with Crippen molar-refractivity contribution in [2.24, 2.45) is 0 Å². The first-order valence-electron chi connectivity index (χ1n) is 7.85. The van der Waals surface area contributed by atoms with Crippen molar-refractivity contribution in [3.63, 3.8) is 0 Å². The van der Waals surface area contributed by atoms with Gasteiger partial charge >= 0.3 is 5.97 Å². The number of methoxy groups -OCH3 is 1. The van der Waals surface area contributed by atoms with Crippen molar-refractivity contribution < 1.29 is 19.4 Å². The third kappa shape index (κ3) is 3.94. The van der Waals surface area contributed by atoms with Crippen LogP contribution in [0.3, 0.4) is 0 Å². The Morgan fingerprint density at radius 2 is 1.88 bits per heavy atom. The van der Waals surface area contributed by atoms with Crippen LogP contribution in [0.2, 0.25) is 5.02 Å². The number of ether oxygens (including phenoxy) is 1. The van der Waals surface area contributed by atoms with E-state index in [4.69, 9.17) is 16.3 Å². The number of carbonyl (C=O) groups is 2. The molecule has 0 fully saturated rings. The van der Waals surface area contributed by atoms with Crippen LogP contribution in [0, 0.1) is 0 Å². The van der Waals surface area contributed by atoms with Crippen LogP contribution < -0.4 is 10.1 Å². The van der Waals surface area contributed by atoms with E-state index in [2.05, 4.69) is 5.32 Å². The first-order chi connectivity index (χ1) is 11.9. The van der Waals surface area contributed by atoms with Crippen molar-refractivity contribution in [2.75, 3.05) is 13.7 Å². The van der Waals surface area contributed by atoms with Crippen LogP contribution in [0.1, 0.15) is 29.3 Å². The third-order valence-electron chi connectivity index (χ3n) is 4.30. The smallest absolute Gasteiger partial charge is 0.315 e. The molecule has 1 atom stereocenters. The fourth-order valence-corrected chi connectivity index (χ4v) is 2.87. The van der Waals surface area contributed by atoms with Crippen molar-refractivity contribution in [1.82, 2.24) is 5.32 Å². The number of hydrogen-bond donors (Lipinski definition) is 2. The molecule has 1 unspecified atom stereocenters. The topological polar surface area (TPSA) is 75.6 Å². The largest absolute Gasteiger partial charge is 0.495 e.